The Labute approximate surface area is 89.6 Å². The van der Waals surface area contributed by atoms with Crippen molar-refractivity contribution in [2.75, 3.05) is 19.3 Å². The minimum atomic E-state index is -3.48. The van der Waals surface area contributed by atoms with Crippen LogP contribution in [-0.4, -0.2) is 54.4 Å². The number of aliphatic hydroxyl groups is 1. The Balaban J connectivity index is 4.60. The normalized spacial score (nSPS) is 16.3. The smallest absolute Gasteiger partial charge is 0.307 e. The van der Waals surface area contributed by atoms with E-state index in [1.54, 1.807) is 0 Å². The minimum Gasteiger partial charge on any atom is -0.481 e. The van der Waals surface area contributed by atoms with Crippen molar-refractivity contribution in [3.8, 4) is 0 Å². The van der Waals surface area contributed by atoms with Crippen molar-refractivity contribution in [1.29, 1.82) is 0 Å². The van der Waals surface area contributed by atoms with Gasteiger partial charge in [-0.2, -0.15) is 4.31 Å². The van der Waals surface area contributed by atoms with E-state index in [2.05, 4.69) is 0 Å². The molecule has 0 amide bonds. The zero-order valence-corrected chi connectivity index (χ0v) is 9.86. The lowest BCUT2D eigenvalue weighted by atomic mass is 10.2. The molecule has 0 bridgehead atoms. The fourth-order valence-corrected chi connectivity index (χ4v) is 2.00. The van der Waals surface area contributed by atoms with Crippen molar-refractivity contribution in [3.05, 3.63) is 0 Å². The van der Waals surface area contributed by atoms with Crippen molar-refractivity contribution >= 4 is 16.0 Å². The molecule has 0 spiro atoms. The van der Waals surface area contributed by atoms with Crippen molar-refractivity contribution in [2.45, 2.75) is 20.0 Å². The van der Waals surface area contributed by atoms with Gasteiger partial charge >= 0.3 is 5.97 Å². The number of sulfonamides is 1. The molecule has 0 aliphatic rings. The number of aliphatic carboxylic acids is 1. The second kappa shape index (κ2) is 5.43. The second-order valence-corrected chi connectivity index (χ2v) is 5.65. The first-order chi connectivity index (χ1) is 6.64. The quantitative estimate of drug-likeness (QED) is 0.642. The highest BCUT2D eigenvalue weighted by Gasteiger charge is 2.23. The Hall–Kier alpha value is -0.660. The van der Waals surface area contributed by atoms with E-state index in [1.165, 1.54) is 13.8 Å². The third kappa shape index (κ3) is 5.71. The average molecular weight is 239 g/mol. The minimum absolute atomic E-state index is 0.0869. The molecule has 0 aromatic heterocycles. The van der Waals surface area contributed by atoms with E-state index in [9.17, 15) is 13.2 Å². The molecule has 90 valence electrons. The molecule has 2 atom stereocenters. The van der Waals surface area contributed by atoms with E-state index in [0.29, 0.717) is 0 Å². The molecule has 2 unspecified atom stereocenters. The topological polar surface area (TPSA) is 94.9 Å². The lowest BCUT2D eigenvalue weighted by Crippen LogP contribution is -2.40. The summed E-state index contributed by atoms with van der Waals surface area (Å²) in [6.07, 6.45) is 0.171. The number of aliphatic hydroxyl groups excluding tert-OH is 1. The van der Waals surface area contributed by atoms with Gasteiger partial charge in [-0.05, 0) is 6.92 Å². The summed E-state index contributed by atoms with van der Waals surface area (Å²) in [6.45, 7) is 2.65. The van der Waals surface area contributed by atoms with Crippen LogP contribution >= 0.6 is 0 Å². The van der Waals surface area contributed by atoms with Gasteiger partial charge in [-0.1, -0.05) is 6.92 Å². The van der Waals surface area contributed by atoms with Crippen LogP contribution in [0.4, 0.5) is 0 Å². The molecule has 0 aliphatic carbocycles. The third-order valence-electron chi connectivity index (χ3n) is 1.84. The van der Waals surface area contributed by atoms with Gasteiger partial charge in [0, 0.05) is 13.1 Å². The number of hydrogen-bond acceptors (Lipinski definition) is 4. The Morgan fingerprint density at radius 2 is 1.80 bits per heavy atom. The maximum Gasteiger partial charge on any atom is 0.307 e. The van der Waals surface area contributed by atoms with Gasteiger partial charge < -0.3 is 10.2 Å². The number of carboxylic acids is 1. The fourth-order valence-electron chi connectivity index (χ4n) is 1.02. The first-order valence-corrected chi connectivity index (χ1v) is 6.35. The molecule has 7 heteroatoms. The van der Waals surface area contributed by atoms with Gasteiger partial charge in [-0.15, -0.1) is 0 Å². The van der Waals surface area contributed by atoms with Crippen LogP contribution in [0.1, 0.15) is 13.8 Å². The van der Waals surface area contributed by atoms with Gasteiger partial charge in [0.05, 0.1) is 18.3 Å². The molecule has 0 rings (SSSR count). The van der Waals surface area contributed by atoms with E-state index in [0.717, 1.165) is 10.6 Å². The maximum atomic E-state index is 11.2. The molecule has 2 N–H and O–H groups in total. The van der Waals surface area contributed by atoms with Gasteiger partial charge in [0.2, 0.25) is 10.0 Å². The standard InChI is InChI=1S/C8H17NO5S/c1-6(8(11)12)4-9(5-7(2)10)15(3,13)14/h6-7,10H,4-5H2,1-3H3,(H,11,12). The molecular formula is C8H17NO5S. The van der Waals surface area contributed by atoms with Crippen LogP contribution in [0.5, 0.6) is 0 Å². The summed E-state index contributed by atoms with van der Waals surface area (Å²) in [6, 6.07) is 0. The predicted molar refractivity (Wildman–Crippen MR) is 54.9 cm³/mol. The second-order valence-electron chi connectivity index (χ2n) is 3.67. The van der Waals surface area contributed by atoms with Crippen molar-refractivity contribution in [3.63, 3.8) is 0 Å². The van der Waals surface area contributed by atoms with Crippen molar-refractivity contribution in [2.24, 2.45) is 5.92 Å². The Morgan fingerprint density at radius 1 is 1.33 bits per heavy atom. The number of rotatable bonds is 6. The molecule has 0 aliphatic heterocycles. The lowest BCUT2D eigenvalue weighted by molar-refractivity contribution is -0.141. The van der Waals surface area contributed by atoms with Crippen LogP contribution in [0.3, 0.4) is 0 Å². The van der Waals surface area contributed by atoms with Crippen LogP contribution in [-0.2, 0) is 14.8 Å². The van der Waals surface area contributed by atoms with Gasteiger partial charge in [0.25, 0.3) is 0 Å². The summed E-state index contributed by atoms with van der Waals surface area (Å²) in [4.78, 5) is 10.6. The highest BCUT2D eigenvalue weighted by molar-refractivity contribution is 7.88. The lowest BCUT2D eigenvalue weighted by Gasteiger charge is -2.22. The van der Waals surface area contributed by atoms with Crippen LogP contribution in [0, 0.1) is 5.92 Å². The average Bonchev–Trinajstić information content (AvgIpc) is 2.00. The van der Waals surface area contributed by atoms with Gasteiger partial charge in [0.1, 0.15) is 0 Å². The monoisotopic (exact) mass is 239 g/mol. The van der Waals surface area contributed by atoms with Gasteiger partial charge in [-0.25, -0.2) is 8.42 Å². The van der Waals surface area contributed by atoms with Crippen LogP contribution in [0.25, 0.3) is 0 Å². The highest BCUT2D eigenvalue weighted by Crippen LogP contribution is 2.06. The van der Waals surface area contributed by atoms with Crippen LogP contribution in [0.15, 0.2) is 0 Å². The van der Waals surface area contributed by atoms with E-state index < -0.39 is 28.0 Å². The summed E-state index contributed by atoms with van der Waals surface area (Å²) < 4.78 is 23.5. The molecule has 15 heavy (non-hydrogen) atoms. The van der Waals surface area contributed by atoms with Crippen LogP contribution < -0.4 is 0 Å². The summed E-state index contributed by atoms with van der Waals surface area (Å²) in [7, 11) is -3.48. The maximum absolute atomic E-state index is 11.2. The number of carboxylic acid groups (broad SMARTS) is 1. The number of carbonyl (C=O) groups is 1. The molecule has 0 aromatic rings. The molecule has 0 radical (unpaired) electrons. The highest BCUT2D eigenvalue weighted by atomic mass is 32.2. The summed E-state index contributed by atoms with van der Waals surface area (Å²) in [5.74, 6) is -1.85. The number of hydrogen-bond donors (Lipinski definition) is 2. The Morgan fingerprint density at radius 3 is 2.07 bits per heavy atom. The van der Waals surface area contributed by atoms with E-state index in [-0.39, 0.29) is 13.1 Å². The Bertz CT molecular complexity index is 311. The van der Waals surface area contributed by atoms with Gasteiger partial charge in [0.15, 0.2) is 0 Å². The predicted octanol–water partition coefficient (Wildman–Crippen LogP) is -0.650. The molecule has 0 saturated carbocycles. The van der Waals surface area contributed by atoms with E-state index >= 15 is 0 Å². The molecule has 0 saturated heterocycles. The Kier molecular flexibility index (Phi) is 5.19. The molecule has 0 heterocycles. The first-order valence-electron chi connectivity index (χ1n) is 4.50. The zero-order valence-electron chi connectivity index (χ0n) is 9.04. The largest absolute Gasteiger partial charge is 0.481 e. The van der Waals surface area contributed by atoms with Crippen LogP contribution in [0.2, 0.25) is 0 Å². The summed E-state index contributed by atoms with van der Waals surface area (Å²) >= 11 is 0. The zero-order chi connectivity index (χ0) is 12.2. The van der Waals surface area contributed by atoms with Crippen molar-refractivity contribution in [1.82, 2.24) is 4.31 Å². The fraction of sp³-hybridized carbons (Fsp3) is 0.875. The SMILES string of the molecule is CC(O)CN(CC(C)C(=O)O)S(C)(=O)=O. The summed E-state index contributed by atoms with van der Waals surface area (Å²) in [5.41, 5.74) is 0. The first kappa shape index (κ1) is 14.3. The van der Waals surface area contributed by atoms with E-state index in [1.807, 2.05) is 0 Å². The van der Waals surface area contributed by atoms with Crippen molar-refractivity contribution < 1.29 is 23.4 Å². The number of nitrogens with zero attached hydrogens (tertiary/aromatic N) is 1. The molecule has 0 fully saturated rings. The molecule has 6 nitrogen and oxygen atoms in total. The van der Waals surface area contributed by atoms with Gasteiger partial charge in [-0.3, -0.25) is 4.79 Å². The third-order valence-corrected chi connectivity index (χ3v) is 3.07. The molecular weight excluding hydrogens is 222 g/mol. The molecule has 0 aromatic carbocycles. The summed E-state index contributed by atoms with van der Waals surface area (Å²) in [5, 5.41) is 17.7. The van der Waals surface area contributed by atoms with E-state index in [4.69, 9.17) is 10.2 Å².